The third-order valence-electron chi connectivity index (χ3n) is 2.78. The molecule has 0 unspecified atom stereocenters. The minimum Gasteiger partial charge on any atom is -0.469 e. The smallest absolute Gasteiger partial charge is 0.416 e. The van der Waals surface area contributed by atoms with Gasteiger partial charge in [-0.2, -0.15) is 13.2 Å². The summed E-state index contributed by atoms with van der Waals surface area (Å²) < 4.78 is 42.4. The highest BCUT2D eigenvalue weighted by Crippen LogP contribution is 2.29. The molecule has 0 bridgehead atoms. The lowest BCUT2D eigenvalue weighted by Crippen LogP contribution is -2.14. The van der Waals surface area contributed by atoms with Crippen LogP contribution in [-0.4, -0.2) is 24.0 Å². The lowest BCUT2D eigenvalue weighted by atomic mass is 10.1. The molecule has 2 aromatic rings. The predicted molar refractivity (Wildman–Crippen MR) is 77.2 cm³/mol. The maximum Gasteiger partial charge on any atom is 0.416 e. The molecule has 0 atom stereocenters. The number of aromatic nitrogens is 1. The van der Waals surface area contributed by atoms with E-state index in [1.54, 1.807) is 5.38 Å². The van der Waals surface area contributed by atoms with Crippen molar-refractivity contribution >= 4 is 28.3 Å². The summed E-state index contributed by atoms with van der Waals surface area (Å²) in [4.78, 5) is 27.1. The Labute approximate surface area is 133 Å². The molecule has 0 saturated heterocycles. The fraction of sp³-hybridized carbons (Fsp3) is 0.214. The number of esters is 1. The highest BCUT2D eigenvalue weighted by molar-refractivity contribution is 7.14. The minimum absolute atomic E-state index is 0.0492. The van der Waals surface area contributed by atoms with Crippen molar-refractivity contribution < 1.29 is 27.5 Å². The van der Waals surface area contributed by atoms with Gasteiger partial charge >= 0.3 is 12.1 Å². The van der Waals surface area contributed by atoms with Crippen LogP contribution in [0.4, 0.5) is 18.3 Å². The number of nitrogens with zero attached hydrogens (tertiary/aromatic N) is 1. The minimum atomic E-state index is -4.52. The van der Waals surface area contributed by atoms with E-state index in [0.717, 1.165) is 29.5 Å². The van der Waals surface area contributed by atoms with Gasteiger partial charge in [0.15, 0.2) is 5.13 Å². The van der Waals surface area contributed by atoms with E-state index in [1.807, 2.05) is 0 Å². The van der Waals surface area contributed by atoms with Crippen LogP contribution in [0.3, 0.4) is 0 Å². The molecule has 0 radical (unpaired) electrons. The number of carbonyl (C=O) groups excluding carboxylic acids is 2. The summed E-state index contributed by atoms with van der Waals surface area (Å²) in [5.41, 5.74) is -0.638. The van der Waals surface area contributed by atoms with E-state index in [-0.39, 0.29) is 17.1 Å². The van der Waals surface area contributed by atoms with Gasteiger partial charge in [-0.15, -0.1) is 11.3 Å². The number of benzene rings is 1. The van der Waals surface area contributed by atoms with Crippen LogP contribution in [0, 0.1) is 0 Å². The van der Waals surface area contributed by atoms with E-state index in [4.69, 9.17) is 0 Å². The summed E-state index contributed by atoms with van der Waals surface area (Å²) >= 11 is 1.06. The zero-order valence-corrected chi connectivity index (χ0v) is 12.6. The molecule has 23 heavy (non-hydrogen) atoms. The SMILES string of the molecule is COC(=O)Cc1csc(NC(=O)c2cccc(C(F)(F)F)c2)n1. The van der Waals surface area contributed by atoms with Crippen LogP contribution in [0.2, 0.25) is 0 Å². The third-order valence-corrected chi connectivity index (χ3v) is 3.58. The van der Waals surface area contributed by atoms with Crippen LogP contribution < -0.4 is 5.32 Å². The van der Waals surface area contributed by atoms with Crippen molar-refractivity contribution in [2.45, 2.75) is 12.6 Å². The van der Waals surface area contributed by atoms with Crippen molar-refractivity contribution in [3.8, 4) is 0 Å². The molecule has 1 amide bonds. The van der Waals surface area contributed by atoms with E-state index in [0.29, 0.717) is 5.69 Å². The second-order valence-corrected chi connectivity index (χ2v) is 5.29. The highest BCUT2D eigenvalue weighted by atomic mass is 32.1. The molecule has 9 heteroatoms. The summed E-state index contributed by atoms with van der Waals surface area (Å²) in [6.45, 7) is 0. The number of hydrogen-bond donors (Lipinski definition) is 1. The van der Waals surface area contributed by atoms with Gasteiger partial charge in [0, 0.05) is 10.9 Å². The molecule has 1 N–H and O–H groups in total. The molecule has 0 aliphatic heterocycles. The molecule has 0 aliphatic rings. The number of halogens is 3. The molecule has 0 saturated carbocycles. The van der Waals surface area contributed by atoms with Crippen molar-refractivity contribution in [2.75, 3.05) is 12.4 Å². The number of ether oxygens (including phenoxy) is 1. The molecule has 0 spiro atoms. The van der Waals surface area contributed by atoms with Crippen molar-refractivity contribution in [3.05, 3.63) is 46.5 Å². The Morgan fingerprint density at radius 3 is 2.74 bits per heavy atom. The van der Waals surface area contributed by atoms with E-state index in [9.17, 15) is 22.8 Å². The quantitative estimate of drug-likeness (QED) is 0.866. The number of hydrogen-bond acceptors (Lipinski definition) is 5. The lowest BCUT2D eigenvalue weighted by Gasteiger charge is -2.08. The Morgan fingerprint density at radius 2 is 2.09 bits per heavy atom. The van der Waals surface area contributed by atoms with Gasteiger partial charge in [0.1, 0.15) is 0 Å². The Bertz CT molecular complexity index is 728. The number of amides is 1. The van der Waals surface area contributed by atoms with Crippen LogP contribution >= 0.6 is 11.3 Å². The van der Waals surface area contributed by atoms with Crippen LogP contribution in [0.5, 0.6) is 0 Å². The molecular formula is C14H11F3N2O3S. The number of rotatable bonds is 4. The number of alkyl halides is 3. The number of nitrogens with one attached hydrogen (secondary N) is 1. The fourth-order valence-electron chi connectivity index (χ4n) is 1.67. The molecule has 1 heterocycles. The molecule has 0 fully saturated rings. The first-order valence-corrected chi connectivity index (χ1v) is 7.17. The van der Waals surface area contributed by atoms with Gasteiger partial charge in [-0.05, 0) is 18.2 Å². The number of carbonyl (C=O) groups is 2. The summed E-state index contributed by atoms with van der Waals surface area (Å²) in [6, 6.07) is 4.07. The summed E-state index contributed by atoms with van der Waals surface area (Å²) in [6.07, 6.45) is -4.57. The first-order chi connectivity index (χ1) is 10.8. The first kappa shape index (κ1) is 16.9. The van der Waals surface area contributed by atoms with Gasteiger partial charge in [-0.3, -0.25) is 14.9 Å². The van der Waals surface area contributed by atoms with Crippen molar-refractivity contribution in [2.24, 2.45) is 0 Å². The first-order valence-electron chi connectivity index (χ1n) is 6.29. The molecule has 122 valence electrons. The van der Waals surface area contributed by atoms with Gasteiger partial charge in [-0.25, -0.2) is 4.98 Å². The molecule has 1 aromatic heterocycles. The van der Waals surface area contributed by atoms with Crippen molar-refractivity contribution in [1.82, 2.24) is 4.98 Å². The van der Waals surface area contributed by atoms with Crippen LogP contribution in [0.1, 0.15) is 21.6 Å². The van der Waals surface area contributed by atoms with Gasteiger partial charge in [0.05, 0.1) is 24.8 Å². The third kappa shape index (κ3) is 4.52. The standard InChI is InChI=1S/C14H11F3N2O3S/c1-22-11(20)6-10-7-23-13(18-10)19-12(21)8-3-2-4-9(5-8)14(15,16)17/h2-5,7H,6H2,1H3,(H,18,19,21). The number of anilines is 1. The Morgan fingerprint density at radius 1 is 1.35 bits per heavy atom. The maximum absolute atomic E-state index is 12.6. The molecule has 5 nitrogen and oxygen atoms in total. The maximum atomic E-state index is 12.6. The van der Waals surface area contributed by atoms with Crippen LogP contribution in [0.15, 0.2) is 29.6 Å². The zero-order chi connectivity index (χ0) is 17.0. The molecule has 2 rings (SSSR count). The number of methoxy groups -OCH3 is 1. The zero-order valence-electron chi connectivity index (χ0n) is 11.8. The molecule has 0 aliphatic carbocycles. The largest absolute Gasteiger partial charge is 0.469 e. The summed E-state index contributed by atoms with van der Waals surface area (Å²) in [5, 5.41) is 4.14. The van der Waals surface area contributed by atoms with E-state index in [1.165, 1.54) is 13.2 Å². The Kier molecular flexibility index (Phi) is 4.99. The topological polar surface area (TPSA) is 68.3 Å². The normalized spacial score (nSPS) is 11.1. The van der Waals surface area contributed by atoms with E-state index in [2.05, 4.69) is 15.0 Å². The second-order valence-electron chi connectivity index (χ2n) is 4.43. The number of thiazole rings is 1. The van der Waals surface area contributed by atoms with Crippen molar-refractivity contribution in [3.63, 3.8) is 0 Å². The van der Waals surface area contributed by atoms with Gasteiger partial charge < -0.3 is 4.74 Å². The Balaban J connectivity index is 2.09. The predicted octanol–water partition coefficient (Wildman–Crippen LogP) is 3.13. The average Bonchev–Trinajstić information content (AvgIpc) is 2.93. The van der Waals surface area contributed by atoms with Gasteiger partial charge in [0.25, 0.3) is 5.91 Å². The summed E-state index contributed by atoms with van der Waals surface area (Å²) in [5.74, 6) is -1.19. The fourth-order valence-corrected chi connectivity index (χ4v) is 2.38. The molecular weight excluding hydrogens is 333 g/mol. The monoisotopic (exact) mass is 344 g/mol. The highest BCUT2D eigenvalue weighted by Gasteiger charge is 2.30. The van der Waals surface area contributed by atoms with Crippen molar-refractivity contribution in [1.29, 1.82) is 0 Å². The van der Waals surface area contributed by atoms with Gasteiger partial charge in [-0.1, -0.05) is 6.07 Å². The van der Waals surface area contributed by atoms with Crippen LogP contribution in [0.25, 0.3) is 0 Å². The molecule has 1 aromatic carbocycles. The lowest BCUT2D eigenvalue weighted by molar-refractivity contribution is -0.140. The van der Waals surface area contributed by atoms with E-state index < -0.39 is 23.6 Å². The van der Waals surface area contributed by atoms with E-state index >= 15 is 0 Å². The van der Waals surface area contributed by atoms with Crippen LogP contribution in [-0.2, 0) is 22.1 Å². The summed E-state index contributed by atoms with van der Waals surface area (Å²) in [7, 11) is 1.24. The second kappa shape index (κ2) is 6.78. The Hall–Kier alpha value is -2.42. The van der Waals surface area contributed by atoms with Gasteiger partial charge in [0.2, 0.25) is 0 Å². The average molecular weight is 344 g/mol.